The van der Waals surface area contributed by atoms with Crippen molar-refractivity contribution in [1.82, 2.24) is 0 Å². The molecule has 120 valence electrons. The van der Waals surface area contributed by atoms with E-state index in [0.717, 1.165) is 6.42 Å². The van der Waals surface area contributed by atoms with Crippen LogP contribution in [0.5, 0.6) is 11.5 Å². The highest BCUT2D eigenvalue weighted by molar-refractivity contribution is 6.36. The van der Waals surface area contributed by atoms with Crippen molar-refractivity contribution in [1.29, 1.82) is 0 Å². The molecule has 0 N–H and O–H groups in total. The van der Waals surface area contributed by atoms with E-state index in [-0.39, 0.29) is 26.9 Å². The molecule has 0 saturated carbocycles. The first-order valence-electron chi connectivity index (χ1n) is 6.95. The number of esters is 1. The second-order valence-corrected chi connectivity index (χ2v) is 5.50. The molecule has 6 heteroatoms. The molecule has 0 bridgehead atoms. The van der Waals surface area contributed by atoms with Crippen molar-refractivity contribution in [2.24, 2.45) is 0 Å². The third-order valence-electron chi connectivity index (χ3n) is 2.93. The van der Waals surface area contributed by atoms with Crippen LogP contribution in [-0.4, -0.2) is 18.9 Å². The second-order valence-electron chi connectivity index (χ2n) is 4.66. The van der Waals surface area contributed by atoms with Crippen molar-refractivity contribution in [2.45, 2.75) is 13.3 Å². The van der Waals surface area contributed by atoms with E-state index in [4.69, 9.17) is 32.7 Å². The van der Waals surface area contributed by atoms with Gasteiger partial charge in [0.1, 0.15) is 11.3 Å². The Kier molecular flexibility index (Phi) is 6.02. The van der Waals surface area contributed by atoms with E-state index in [2.05, 4.69) is 0 Å². The molecule has 2 rings (SSSR count). The van der Waals surface area contributed by atoms with Gasteiger partial charge in [0.05, 0.1) is 17.2 Å². The molecule has 2 aromatic rings. The number of para-hydroxylation sites is 1. The molecule has 0 aromatic heterocycles. The minimum absolute atomic E-state index is 0.0265. The van der Waals surface area contributed by atoms with Crippen LogP contribution in [0.25, 0.3) is 0 Å². The van der Waals surface area contributed by atoms with Gasteiger partial charge >= 0.3 is 5.97 Å². The van der Waals surface area contributed by atoms with Crippen LogP contribution in [0, 0.1) is 0 Å². The Morgan fingerprint density at radius 2 is 1.96 bits per heavy atom. The monoisotopic (exact) mass is 352 g/mol. The molecule has 0 heterocycles. The number of hydrogen-bond acceptors (Lipinski definition) is 4. The van der Waals surface area contributed by atoms with Gasteiger partial charge in [-0.1, -0.05) is 42.3 Å². The van der Waals surface area contributed by atoms with Gasteiger partial charge in [-0.3, -0.25) is 4.79 Å². The van der Waals surface area contributed by atoms with Gasteiger partial charge < -0.3 is 9.47 Å². The maximum atomic E-state index is 12.4. The van der Waals surface area contributed by atoms with Crippen molar-refractivity contribution in [3.05, 3.63) is 57.6 Å². The lowest BCUT2D eigenvalue weighted by molar-refractivity contribution is 0.0729. The Bertz CT molecular complexity index is 729. The summed E-state index contributed by atoms with van der Waals surface area (Å²) in [5.74, 6) is -0.275. The molecule has 0 radical (unpaired) electrons. The van der Waals surface area contributed by atoms with Crippen LogP contribution in [0.15, 0.2) is 36.4 Å². The van der Waals surface area contributed by atoms with Gasteiger partial charge in [-0.15, -0.1) is 0 Å². The Morgan fingerprint density at radius 1 is 1.22 bits per heavy atom. The zero-order chi connectivity index (χ0) is 16.8. The van der Waals surface area contributed by atoms with Crippen molar-refractivity contribution in [3.63, 3.8) is 0 Å². The fraction of sp³-hybridized carbons (Fsp3) is 0.176. The summed E-state index contributed by atoms with van der Waals surface area (Å²) in [6, 6.07) is 9.49. The summed E-state index contributed by atoms with van der Waals surface area (Å²) in [7, 11) is 0. The molecular formula is C17H14Cl2O4. The van der Waals surface area contributed by atoms with Crippen LogP contribution in [0.4, 0.5) is 0 Å². The standard InChI is InChI=1S/C17H14Cl2O4/c1-2-7-22-15-6-4-3-5-13(15)17(21)23-16-11(10-20)8-12(18)9-14(16)19/h3-6,8-10H,2,7H2,1H3. The highest BCUT2D eigenvalue weighted by Crippen LogP contribution is 2.32. The summed E-state index contributed by atoms with van der Waals surface area (Å²) >= 11 is 11.8. The highest BCUT2D eigenvalue weighted by atomic mass is 35.5. The van der Waals surface area contributed by atoms with E-state index in [0.29, 0.717) is 18.6 Å². The van der Waals surface area contributed by atoms with Crippen molar-refractivity contribution in [3.8, 4) is 11.5 Å². The summed E-state index contributed by atoms with van der Waals surface area (Å²) in [6.07, 6.45) is 1.33. The Balaban J connectivity index is 2.32. The molecule has 0 aliphatic heterocycles. The Labute approximate surface area is 143 Å². The zero-order valence-corrected chi connectivity index (χ0v) is 13.9. The van der Waals surface area contributed by atoms with E-state index in [9.17, 15) is 9.59 Å². The third-order valence-corrected chi connectivity index (χ3v) is 3.43. The number of aldehydes is 1. The van der Waals surface area contributed by atoms with E-state index in [1.807, 2.05) is 6.92 Å². The Hall–Kier alpha value is -2.04. The molecule has 2 aromatic carbocycles. The molecule has 0 amide bonds. The summed E-state index contributed by atoms with van der Waals surface area (Å²) in [4.78, 5) is 23.5. The minimum atomic E-state index is -0.663. The van der Waals surface area contributed by atoms with Gasteiger partial charge in [0, 0.05) is 5.02 Å². The van der Waals surface area contributed by atoms with Crippen molar-refractivity contribution >= 4 is 35.5 Å². The fourth-order valence-corrected chi connectivity index (χ4v) is 2.44. The lowest BCUT2D eigenvalue weighted by Crippen LogP contribution is -2.12. The first kappa shape index (κ1) is 17.3. The number of carbonyl (C=O) groups is 2. The van der Waals surface area contributed by atoms with E-state index in [1.165, 1.54) is 12.1 Å². The van der Waals surface area contributed by atoms with Crippen LogP contribution in [0.3, 0.4) is 0 Å². The number of hydrogen-bond donors (Lipinski definition) is 0. The molecule has 0 fully saturated rings. The smallest absolute Gasteiger partial charge is 0.347 e. The number of carbonyl (C=O) groups excluding carboxylic acids is 2. The number of halogens is 2. The van der Waals surface area contributed by atoms with Gasteiger partial charge in [0.15, 0.2) is 12.0 Å². The minimum Gasteiger partial charge on any atom is -0.493 e. The van der Waals surface area contributed by atoms with Gasteiger partial charge in [-0.2, -0.15) is 0 Å². The van der Waals surface area contributed by atoms with Crippen LogP contribution in [0.2, 0.25) is 10.0 Å². The Morgan fingerprint density at radius 3 is 2.65 bits per heavy atom. The molecule has 0 aliphatic rings. The molecular weight excluding hydrogens is 339 g/mol. The van der Waals surface area contributed by atoms with Crippen LogP contribution >= 0.6 is 23.2 Å². The highest BCUT2D eigenvalue weighted by Gasteiger charge is 2.19. The van der Waals surface area contributed by atoms with Gasteiger partial charge in [0.25, 0.3) is 0 Å². The first-order chi connectivity index (χ1) is 11.1. The molecule has 0 saturated heterocycles. The number of benzene rings is 2. The average molecular weight is 353 g/mol. The second kappa shape index (κ2) is 7.99. The van der Waals surface area contributed by atoms with Crippen molar-refractivity contribution in [2.75, 3.05) is 6.61 Å². The molecule has 0 aliphatic carbocycles. The van der Waals surface area contributed by atoms with Gasteiger partial charge in [-0.05, 0) is 30.7 Å². The van der Waals surface area contributed by atoms with E-state index >= 15 is 0 Å². The SMILES string of the molecule is CCCOc1ccccc1C(=O)Oc1c(Cl)cc(Cl)cc1C=O. The summed E-state index contributed by atoms with van der Waals surface area (Å²) in [5.41, 5.74) is 0.353. The average Bonchev–Trinajstić information content (AvgIpc) is 2.55. The zero-order valence-electron chi connectivity index (χ0n) is 12.3. The topological polar surface area (TPSA) is 52.6 Å². The van der Waals surface area contributed by atoms with Gasteiger partial charge in [-0.25, -0.2) is 4.79 Å². The first-order valence-corrected chi connectivity index (χ1v) is 7.70. The molecule has 0 spiro atoms. The summed E-state index contributed by atoms with van der Waals surface area (Å²) in [5, 5.41) is 0.364. The lowest BCUT2D eigenvalue weighted by Gasteiger charge is -2.12. The van der Waals surface area contributed by atoms with E-state index in [1.54, 1.807) is 24.3 Å². The normalized spacial score (nSPS) is 10.2. The predicted molar refractivity (Wildman–Crippen MR) is 89.0 cm³/mol. The maximum Gasteiger partial charge on any atom is 0.347 e. The van der Waals surface area contributed by atoms with Gasteiger partial charge in [0.2, 0.25) is 0 Å². The van der Waals surface area contributed by atoms with E-state index < -0.39 is 5.97 Å². The number of ether oxygens (including phenoxy) is 2. The predicted octanol–water partition coefficient (Wildman–Crippen LogP) is 4.81. The van der Waals surface area contributed by atoms with Crippen LogP contribution in [-0.2, 0) is 0 Å². The van der Waals surface area contributed by atoms with Crippen LogP contribution < -0.4 is 9.47 Å². The quantitative estimate of drug-likeness (QED) is 0.425. The summed E-state index contributed by atoms with van der Waals surface area (Å²) < 4.78 is 10.8. The van der Waals surface area contributed by atoms with Crippen molar-refractivity contribution < 1.29 is 19.1 Å². The third kappa shape index (κ3) is 4.24. The summed E-state index contributed by atoms with van der Waals surface area (Å²) in [6.45, 7) is 2.44. The van der Waals surface area contributed by atoms with Crippen LogP contribution in [0.1, 0.15) is 34.1 Å². The lowest BCUT2D eigenvalue weighted by atomic mass is 10.2. The molecule has 0 atom stereocenters. The largest absolute Gasteiger partial charge is 0.493 e. The molecule has 0 unspecified atom stereocenters. The number of rotatable bonds is 6. The molecule has 23 heavy (non-hydrogen) atoms. The maximum absolute atomic E-state index is 12.4. The molecule has 4 nitrogen and oxygen atoms in total. The fourth-order valence-electron chi connectivity index (χ4n) is 1.90.